The van der Waals surface area contributed by atoms with E-state index in [1.54, 1.807) is 0 Å². The maximum absolute atomic E-state index is 5.50. The lowest BCUT2D eigenvalue weighted by Crippen LogP contribution is -2.34. The van der Waals surface area contributed by atoms with Crippen LogP contribution in [0.4, 0.5) is 0 Å². The first-order valence-electron chi connectivity index (χ1n) is 6.85. The molecule has 0 atom stereocenters. The Morgan fingerprint density at radius 3 is 2.67 bits per heavy atom. The monoisotopic (exact) mass is 249 g/mol. The van der Waals surface area contributed by atoms with Gasteiger partial charge in [-0.05, 0) is 30.9 Å². The summed E-state index contributed by atoms with van der Waals surface area (Å²) in [6.45, 7) is 6.21. The first kappa shape index (κ1) is 13.5. The van der Waals surface area contributed by atoms with Gasteiger partial charge < -0.3 is 14.8 Å². The highest BCUT2D eigenvalue weighted by molar-refractivity contribution is 5.26. The van der Waals surface area contributed by atoms with Gasteiger partial charge in [-0.15, -0.1) is 0 Å². The van der Waals surface area contributed by atoms with Gasteiger partial charge in [0.2, 0.25) is 0 Å². The predicted octanol–water partition coefficient (Wildman–Crippen LogP) is 2.49. The van der Waals surface area contributed by atoms with Gasteiger partial charge in [-0.3, -0.25) is 0 Å². The molecule has 3 heteroatoms. The lowest BCUT2D eigenvalue weighted by Gasteiger charge is -2.23. The Balaban J connectivity index is 1.87. The van der Waals surface area contributed by atoms with Gasteiger partial charge in [-0.1, -0.05) is 24.3 Å². The normalized spacial score (nSPS) is 16.9. The van der Waals surface area contributed by atoms with Gasteiger partial charge in [0.15, 0.2) is 0 Å². The largest absolute Gasteiger partial charge is 0.381 e. The Kier molecular flexibility index (Phi) is 5.65. The molecule has 0 amide bonds. The third kappa shape index (κ3) is 4.09. The second kappa shape index (κ2) is 7.52. The molecule has 0 aliphatic carbocycles. The number of hydrogen-bond acceptors (Lipinski definition) is 3. The zero-order chi connectivity index (χ0) is 12.6. The fraction of sp³-hybridized carbons (Fsp3) is 0.600. The van der Waals surface area contributed by atoms with Crippen molar-refractivity contribution in [1.29, 1.82) is 0 Å². The summed E-state index contributed by atoms with van der Waals surface area (Å²) in [5, 5.41) is 3.62. The zero-order valence-corrected chi connectivity index (χ0v) is 11.2. The van der Waals surface area contributed by atoms with E-state index in [1.165, 1.54) is 11.1 Å². The molecule has 0 bridgehead atoms. The van der Waals surface area contributed by atoms with Crippen LogP contribution in [0.25, 0.3) is 0 Å². The standard InChI is InChI=1S/C15H23NO2/c1-2-17-12-14-6-4-3-5-13(14)11-16-15-7-9-18-10-8-15/h3-6,15-16H,2,7-12H2,1H3. The van der Waals surface area contributed by atoms with E-state index in [4.69, 9.17) is 9.47 Å². The van der Waals surface area contributed by atoms with Crippen LogP contribution in [-0.4, -0.2) is 25.9 Å². The molecule has 18 heavy (non-hydrogen) atoms. The summed E-state index contributed by atoms with van der Waals surface area (Å²) in [6, 6.07) is 9.10. The second-order valence-electron chi connectivity index (χ2n) is 4.67. The van der Waals surface area contributed by atoms with Crippen molar-refractivity contribution in [1.82, 2.24) is 5.32 Å². The molecule has 0 radical (unpaired) electrons. The highest BCUT2D eigenvalue weighted by Gasteiger charge is 2.13. The molecular formula is C15H23NO2. The average Bonchev–Trinajstić information content (AvgIpc) is 2.45. The van der Waals surface area contributed by atoms with E-state index in [1.807, 2.05) is 6.92 Å². The maximum atomic E-state index is 5.50. The number of rotatable bonds is 6. The van der Waals surface area contributed by atoms with Crippen LogP contribution in [-0.2, 0) is 22.6 Å². The fourth-order valence-corrected chi connectivity index (χ4v) is 2.24. The molecule has 100 valence electrons. The summed E-state index contributed by atoms with van der Waals surface area (Å²) in [6.07, 6.45) is 2.24. The average molecular weight is 249 g/mol. The van der Waals surface area contributed by atoms with Gasteiger partial charge in [-0.25, -0.2) is 0 Å². The lowest BCUT2D eigenvalue weighted by atomic mass is 10.1. The van der Waals surface area contributed by atoms with Crippen LogP contribution in [0, 0.1) is 0 Å². The van der Waals surface area contributed by atoms with Crippen LogP contribution in [0.5, 0.6) is 0 Å². The number of benzene rings is 1. The molecule has 0 spiro atoms. The SMILES string of the molecule is CCOCc1ccccc1CNC1CCOCC1. The van der Waals surface area contributed by atoms with E-state index in [9.17, 15) is 0 Å². The van der Waals surface area contributed by atoms with Crippen LogP contribution in [0.3, 0.4) is 0 Å². The molecule has 1 fully saturated rings. The quantitative estimate of drug-likeness (QED) is 0.840. The van der Waals surface area contributed by atoms with E-state index in [-0.39, 0.29) is 0 Å². The zero-order valence-electron chi connectivity index (χ0n) is 11.2. The Morgan fingerprint density at radius 1 is 1.22 bits per heavy atom. The summed E-state index contributed by atoms with van der Waals surface area (Å²) >= 11 is 0. The van der Waals surface area contributed by atoms with Crippen molar-refractivity contribution in [2.24, 2.45) is 0 Å². The van der Waals surface area contributed by atoms with Crippen LogP contribution < -0.4 is 5.32 Å². The highest BCUT2D eigenvalue weighted by atomic mass is 16.5. The van der Waals surface area contributed by atoms with Gasteiger partial charge in [0, 0.05) is 32.4 Å². The molecule has 1 saturated heterocycles. The molecule has 2 rings (SSSR count). The van der Waals surface area contributed by atoms with Crippen LogP contribution in [0.15, 0.2) is 24.3 Å². The molecule has 3 nitrogen and oxygen atoms in total. The number of nitrogens with one attached hydrogen (secondary N) is 1. The first-order valence-corrected chi connectivity index (χ1v) is 6.85. The molecule has 1 heterocycles. The minimum absolute atomic E-state index is 0.596. The molecule has 0 unspecified atom stereocenters. The van der Waals surface area contributed by atoms with Crippen molar-refractivity contribution in [3.8, 4) is 0 Å². The van der Waals surface area contributed by atoms with Crippen molar-refractivity contribution >= 4 is 0 Å². The Morgan fingerprint density at radius 2 is 1.94 bits per heavy atom. The minimum Gasteiger partial charge on any atom is -0.381 e. The van der Waals surface area contributed by atoms with E-state index in [0.29, 0.717) is 12.6 Å². The Hall–Kier alpha value is -0.900. The molecule has 0 saturated carbocycles. The lowest BCUT2D eigenvalue weighted by molar-refractivity contribution is 0.0775. The van der Waals surface area contributed by atoms with Gasteiger partial charge >= 0.3 is 0 Å². The summed E-state index contributed by atoms with van der Waals surface area (Å²) in [4.78, 5) is 0. The molecule has 1 aromatic carbocycles. The smallest absolute Gasteiger partial charge is 0.0719 e. The topological polar surface area (TPSA) is 30.5 Å². The summed E-state index contributed by atoms with van der Waals surface area (Å²) in [7, 11) is 0. The molecular weight excluding hydrogens is 226 g/mol. The van der Waals surface area contributed by atoms with Gasteiger partial charge in [0.25, 0.3) is 0 Å². The number of ether oxygens (including phenoxy) is 2. The van der Waals surface area contributed by atoms with Crippen molar-refractivity contribution in [2.45, 2.75) is 39.0 Å². The third-order valence-corrected chi connectivity index (χ3v) is 3.38. The fourth-order valence-electron chi connectivity index (χ4n) is 2.24. The molecule has 1 aliphatic rings. The minimum atomic E-state index is 0.596. The summed E-state index contributed by atoms with van der Waals surface area (Å²) in [5.41, 5.74) is 2.64. The van der Waals surface area contributed by atoms with Crippen molar-refractivity contribution in [3.63, 3.8) is 0 Å². The summed E-state index contributed by atoms with van der Waals surface area (Å²) < 4.78 is 10.9. The predicted molar refractivity (Wildman–Crippen MR) is 72.5 cm³/mol. The molecule has 1 aromatic rings. The third-order valence-electron chi connectivity index (χ3n) is 3.38. The molecule has 1 N–H and O–H groups in total. The van der Waals surface area contributed by atoms with Crippen LogP contribution in [0.1, 0.15) is 30.9 Å². The molecule has 1 aliphatic heterocycles. The van der Waals surface area contributed by atoms with Crippen LogP contribution in [0.2, 0.25) is 0 Å². The maximum Gasteiger partial charge on any atom is 0.0719 e. The van der Waals surface area contributed by atoms with E-state index in [0.717, 1.165) is 39.2 Å². The van der Waals surface area contributed by atoms with E-state index < -0.39 is 0 Å². The summed E-state index contributed by atoms with van der Waals surface area (Å²) in [5.74, 6) is 0. The van der Waals surface area contributed by atoms with Gasteiger partial charge in [0.05, 0.1) is 6.61 Å². The Labute approximate surface area is 109 Å². The number of hydrogen-bond donors (Lipinski definition) is 1. The van der Waals surface area contributed by atoms with E-state index >= 15 is 0 Å². The second-order valence-corrected chi connectivity index (χ2v) is 4.67. The van der Waals surface area contributed by atoms with E-state index in [2.05, 4.69) is 29.6 Å². The van der Waals surface area contributed by atoms with Crippen molar-refractivity contribution in [3.05, 3.63) is 35.4 Å². The highest BCUT2D eigenvalue weighted by Crippen LogP contribution is 2.12. The molecule has 0 aromatic heterocycles. The Bertz CT molecular complexity index is 348. The van der Waals surface area contributed by atoms with Gasteiger partial charge in [-0.2, -0.15) is 0 Å². The van der Waals surface area contributed by atoms with Crippen molar-refractivity contribution in [2.75, 3.05) is 19.8 Å². The van der Waals surface area contributed by atoms with Crippen molar-refractivity contribution < 1.29 is 9.47 Å². The van der Waals surface area contributed by atoms with Crippen LogP contribution >= 0.6 is 0 Å². The first-order chi connectivity index (χ1) is 8.90. The van der Waals surface area contributed by atoms with Gasteiger partial charge in [0.1, 0.15) is 0 Å².